The number of nitrogens with zero attached hydrogens (tertiary/aromatic N) is 1. The average molecular weight is 294 g/mol. The highest BCUT2D eigenvalue weighted by molar-refractivity contribution is 4.96. The van der Waals surface area contributed by atoms with Crippen LogP contribution < -0.4 is 0 Å². The van der Waals surface area contributed by atoms with E-state index in [4.69, 9.17) is 0 Å². The molecule has 7 atom stereocenters. The van der Waals surface area contributed by atoms with Gasteiger partial charge >= 0.3 is 0 Å². The normalized spacial score (nSPS) is 52.1. The first-order valence-corrected chi connectivity index (χ1v) is 9.47. The minimum absolute atomic E-state index is 0.768. The summed E-state index contributed by atoms with van der Waals surface area (Å²) in [6.07, 6.45) is 4.27. The molecule has 2 aliphatic carbocycles. The van der Waals surface area contributed by atoms with Crippen LogP contribution in [0.25, 0.3) is 0 Å². The fourth-order valence-corrected chi connectivity index (χ4v) is 5.57. The molecule has 7 unspecified atom stereocenters. The third kappa shape index (κ3) is 3.19. The topological polar surface area (TPSA) is 3.24 Å². The van der Waals surface area contributed by atoms with Crippen LogP contribution in [0, 0.1) is 41.4 Å². The van der Waals surface area contributed by atoms with Gasteiger partial charge in [-0.05, 0) is 61.3 Å². The molecule has 0 N–H and O–H groups in total. The zero-order valence-corrected chi connectivity index (χ0v) is 15.8. The highest BCUT2D eigenvalue weighted by atomic mass is 15.2. The Balaban J connectivity index is 2.18. The van der Waals surface area contributed by atoms with E-state index in [2.05, 4.69) is 60.4 Å². The maximum atomic E-state index is 2.81. The summed E-state index contributed by atoms with van der Waals surface area (Å²) in [5.74, 6) is 5.98. The Hall–Kier alpha value is -0.0400. The molecule has 0 aromatic rings. The lowest BCUT2D eigenvalue weighted by atomic mass is 9.61. The Bertz CT molecular complexity index is 323. The van der Waals surface area contributed by atoms with Crippen LogP contribution in [0.4, 0.5) is 0 Å². The van der Waals surface area contributed by atoms with Crippen LogP contribution in [0.3, 0.4) is 0 Å². The van der Waals surface area contributed by atoms with Gasteiger partial charge in [0.2, 0.25) is 0 Å². The predicted molar refractivity (Wildman–Crippen MR) is 93.3 cm³/mol. The Labute approximate surface area is 133 Å². The van der Waals surface area contributed by atoms with Crippen molar-refractivity contribution in [3.05, 3.63) is 0 Å². The summed E-state index contributed by atoms with van der Waals surface area (Å²) in [6, 6.07) is 1.57. The van der Waals surface area contributed by atoms with E-state index in [-0.39, 0.29) is 0 Å². The van der Waals surface area contributed by atoms with Gasteiger partial charge in [-0.25, -0.2) is 0 Å². The second kappa shape index (κ2) is 6.60. The van der Waals surface area contributed by atoms with Crippen LogP contribution in [0.15, 0.2) is 0 Å². The summed E-state index contributed by atoms with van der Waals surface area (Å²) in [7, 11) is 2.44. The van der Waals surface area contributed by atoms with Crippen molar-refractivity contribution in [2.24, 2.45) is 41.4 Å². The largest absolute Gasteiger partial charge is 0.300 e. The predicted octanol–water partition coefficient (Wildman–Crippen LogP) is 5.31. The van der Waals surface area contributed by atoms with Crippen molar-refractivity contribution in [3.63, 3.8) is 0 Å². The molecule has 0 aromatic heterocycles. The van der Waals surface area contributed by atoms with Gasteiger partial charge in [0.1, 0.15) is 0 Å². The van der Waals surface area contributed by atoms with Crippen molar-refractivity contribution in [2.75, 3.05) is 7.05 Å². The number of hydrogen-bond acceptors (Lipinski definition) is 1. The Morgan fingerprint density at radius 1 is 0.667 bits per heavy atom. The van der Waals surface area contributed by atoms with Gasteiger partial charge in [0.25, 0.3) is 0 Å². The van der Waals surface area contributed by atoms with E-state index in [1.54, 1.807) is 0 Å². The van der Waals surface area contributed by atoms with Crippen molar-refractivity contribution >= 4 is 0 Å². The molecule has 2 aliphatic rings. The fraction of sp³-hybridized carbons (Fsp3) is 1.00. The lowest BCUT2D eigenvalue weighted by Crippen LogP contribution is -2.57. The zero-order chi connectivity index (χ0) is 15.9. The molecule has 0 bridgehead atoms. The van der Waals surface area contributed by atoms with Gasteiger partial charge < -0.3 is 0 Å². The molecule has 2 saturated carbocycles. The van der Waals surface area contributed by atoms with E-state index in [1.165, 1.54) is 19.3 Å². The molecule has 2 rings (SSSR count). The Kier molecular flexibility index (Phi) is 5.45. The molecule has 2 fully saturated rings. The Morgan fingerprint density at radius 3 is 1.67 bits per heavy atom. The molecule has 0 aliphatic heterocycles. The minimum atomic E-state index is 0.768. The van der Waals surface area contributed by atoms with Crippen LogP contribution >= 0.6 is 0 Å². The van der Waals surface area contributed by atoms with Crippen molar-refractivity contribution in [1.29, 1.82) is 0 Å². The molecule has 0 amide bonds. The summed E-state index contributed by atoms with van der Waals surface area (Å²) in [4.78, 5) is 2.81. The molecule has 21 heavy (non-hydrogen) atoms. The highest BCUT2D eigenvalue weighted by Gasteiger charge is 2.45. The summed E-state index contributed by atoms with van der Waals surface area (Å²) in [5.41, 5.74) is 0. The Morgan fingerprint density at radius 2 is 1.14 bits per heavy atom. The van der Waals surface area contributed by atoms with Gasteiger partial charge in [-0.2, -0.15) is 0 Å². The lowest BCUT2D eigenvalue weighted by molar-refractivity contribution is -0.0471. The third-order valence-corrected chi connectivity index (χ3v) is 7.80. The summed E-state index contributed by atoms with van der Waals surface area (Å²) < 4.78 is 0. The van der Waals surface area contributed by atoms with E-state index in [1.807, 2.05) is 0 Å². The fourth-order valence-electron chi connectivity index (χ4n) is 5.57. The molecule has 0 radical (unpaired) electrons. The van der Waals surface area contributed by atoms with Gasteiger partial charge in [-0.3, -0.25) is 4.90 Å². The molecular weight excluding hydrogens is 254 g/mol. The molecule has 1 heteroatoms. The third-order valence-electron chi connectivity index (χ3n) is 7.80. The van der Waals surface area contributed by atoms with E-state index < -0.39 is 0 Å². The van der Waals surface area contributed by atoms with Crippen LogP contribution in [0.1, 0.15) is 67.7 Å². The molecule has 124 valence electrons. The zero-order valence-electron chi connectivity index (χ0n) is 15.8. The first-order chi connectivity index (χ1) is 9.75. The molecule has 1 nitrogen and oxygen atoms in total. The lowest BCUT2D eigenvalue weighted by Gasteiger charge is -2.54. The SMILES string of the molecule is CC1CCC(C)C(N(C)C2C(C)C(C)C(C)C(C)C2C)C1. The van der Waals surface area contributed by atoms with Crippen molar-refractivity contribution in [1.82, 2.24) is 4.90 Å². The number of hydrogen-bond donors (Lipinski definition) is 0. The van der Waals surface area contributed by atoms with Crippen LogP contribution in [0.2, 0.25) is 0 Å². The van der Waals surface area contributed by atoms with Crippen molar-refractivity contribution in [3.8, 4) is 0 Å². The van der Waals surface area contributed by atoms with Crippen LogP contribution in [-0.2, 0) is 0 Å². The first kappa shape index (κ1) is 17.3. The van der Waals surface area contributed by atoms with E-state index in [9.17, 15) is 0 Å². The summed E-state index contributed by atoms with van der Waals surface area (Å²) in [5, 5.41) is 0. The number of rotatable bonds is 2. The van der Waals surface area contributed by atoms with Crippen LogP contribution in [-0.4, -0.2) is 24.0 Å². The maximum absolute atomic E-state index is 2.81. The van der Waals surface area contributed by atoms with Gasteiger partial charge in [0.15, 0.2) is 0 Å². The van der Waals surface area contributed by atoms with Crippen molar-refractivity contribution in [2.45, 2.75) is 79.8 Å². The maximum Gasteiger partial charge on any atom is 0.0152 e. The second-order valence-corrected chi connectivity index (χ2v) is 8.91. The average Bonchev–Trinajstić information content (AvgIpc) is 2.45. The summed E-state index contributed by atoms with van der Waals surface area (Å²) in [6.45, 7) is 17.4. The monoisotopic (exact) mass is 293 g/mol. The minimum Gasteiger partial charge on any atom is -0.300 e. The van der Waals surface area contributed by atoms with Crippen molar-refractivity contribution < 1.29 is 0 Å². The second-order valence-electron chi connectivity index (χ2n) is 8.91. The standard InChI is InChI=1S/C20H39N/c1-12-9-10-13(2)19(11-12)21(8)20-17(6)15(4)14(3)16(5)18(20)7/h12-20H,9-11H2,1-8H3. The van der Waals surface area contributed by atoms with Gasteiger partial charge in [0, 0.05) is 12.1 Å². The van der Waals surface area contributed by atoms with E-state index in [0.29, 0.717) is 0 Å². The first-order valence-electron chi connectivity index (χ1n) is 9.47. The van der Waals surface area contributed by atoms with E-state index in [0.717, 1.165) is 53.5 Å². The smallest absolute Gasteiger partial charge is 0.0152 e. The van der Waals surface area contributed by atoms with Gasteiger partial charge in [-0.1, -0.05) is 54.9 Å². The van der Waals surface area contributed by atoms with Gasteiger partial charge in [0.05, 0.1) is 0 Å². The molecule has 0 heterocycles. The highest BCUT2D eigenvalue weighted by Crippen LogP contribution is 2.45. The molecule has 0 spiro atoms. The van der Waals surface area contributed by atoms with Crippen LogP contribution in [0.5, 0.6) is 0 Å². The molecule has 0 saturated heterocycles. The van der Waals surface area contributed by atoms with E-state index >= 15 is 0 Å². The quantitative estimate of drug-likeness (QED) is 0.667. The summed E-state index contributed by atoms with van der Waals surface area (Å²) >= 11 is 0. The van der Waals surface area contributed by atoms with Gasteiger partial charge in [-0.15, -0.1) is 0 Å². The molecule has 0 aromatic carbocycles. The molecular formula is C20H39N.